The summed E-state index contributed by atoms with van der Waals surface area (Å²) in [6, 6.07) is 11.4. The monoisotopic (exact) mass is 286 g/mol. The van der Waals surface area contributed by atoms with Crippen LogP contribution in [0.15, 0.2) is 42.6 Å². The fourth-order valence-corrected chi connectivity index (χ4v) is 1.84. The summed E-state index contributed by atoms with van der Waals surface area (Å²) in [5.74, 6) is -0.0905. The van der Waals surface area contributed by atoms with Crippen LogP contribution in [0.2, 0.25) is 0 Å². The van der Waals surface area contributed by atoms with Gasteiger partial charge in [0.15, 0.2) is 11.4 Å². The van der Waals surface area contributed by atoms with Gasteiger partial charge in [0.1, 0.15) is 6.61 Å². The van der Waals surface area contributed by atoms with Crippen LogP contribution in [0.25, 0.3) is 0 Å². The first-order chi connectivity index (χ1) is 10.1. The zero-order valence-corrected chi connectivity index (χ0v) is 12.4. The number of benzene rings is 1. The fraction of sp³-hybridized carbons (Fsp3) is 0.250. The molecule has 5 nitrogen and oxygen atoms in total. The zero-order chi connectivity index (χ0) is 15.2. The van der Waals surface area contributed by atoms with Gasteiger partial charge in [0.05, 0.1) is 7.11 Å². The van der Waals surface area contributed by atoms with Crippen LogP contribution in [0.3, 0.4) is 0 Å². The molecule has 0 bridgehead atoms. The molecule has 0 fully saturated rings. The van der Waals surface area contributed by atoms with E-state index in [0.717, 1.165) is 11.3 Å². The van der Waals surface area contributed by atoms with Crippen LogP contribution in [0.5, 0.6) is 5.75 Å². The fourth-order valence-electron chi connectivity index (χ4n) is 1.84. The Balaban J connectivity index is 2.13. The van der Waals surface area contributed by atoms with E-state index >= 15 is 0 Å². The van der Waals surface area contributed by atoms with Crippen molar-refractivity contribution in [3.8, 4) is 5.75 Å². The molecule has 2 aromatic rings. The van der Waals surface area contributed by atoms with Gasteiger partial charge in [-0.25, -0.2) is 9.78 Å². The summed E-state index contributed by atoms with van der Waals surface area (Å²) in [7, 11) is 5.29. The van der Waals surface area contributed by atoms with Crippen molar-refractivity contribution >= 4 is 11.7 Å². The third-order valence-corrected chi connectivity index (χ3v) is 2.97. The number of anilines is 1. The number of carbonyl (C=O) groups excluding carboxylic acids is 1. The molecule has 1 aromatic carbocycles. The Morgan fingerprint density at radius 2 is 2.05 bits per heavy atom. The van der Waals surface area contributed by atoms with E-state index in [1.54, 1.807) is 12.1 Å². The van der Waals surface area contributed by atoms with Crippen molar-refractivity contribution in [2.24, 2.45) is 0 Å². The second-order valence-electron chi connectivity index (χ2n) is 4.69. The summed E-state index contributed by atoms with van der Waals surface area (Å²) in [4.78, 5) is 17.6. The number of hydrogen-bond acceptors (Lipinski definition) is 5. The molecule has 0 aliphatic heterocycles. The minimum absolute atomic E-state index is 0.184. The first-order valence-corrected chi connectivity index (χ1v) is 6.54. The second kappa shape index (κ2) is 6.74. The molecular weight excluding hydrogens is 268 g/mol. The lowest BCUT2D eigenvalue weighted by Gasteiger charge is -2.14. The van der Waals surface area contributed by atoms with Gasteiger partial charge in [-0.3, -0.25) is 0 Å². The third-order valence-electron chi connectivity index (χ3n) is 2.97. The van der Waals surface area contributed by atoms with Gasteiger partial charge in [0, 0.05) is 26.0 Å². The van der Waals surface area contributed by atoms with Crippen LogP contribution in [0.1, 0.15) is 16.1 Å². The number of rotatable bonds is 5. The molecule has 0 aliphatic carbocycles. The quantitative estimate of drug-likeness (QED) is 0.790. The molecule has 0 spiro atoms. The topological polar surface area (TPSA) is 51.7 Å². The first-order valence-electron chi connectivity index (χ1n) is 6.54. The van der Waals surface area contributed by atoms with E-state index in [0.29, 0.717) is 12.4 Å². The summed E-state index contributed by atoms with van der Waals surface area (Å²) in [6.45, 7) is 0.358. The van der Waals surface area contributed by atoms with Gasteiger partial charge in [-0.15, -0.1) is 0 Å². The highest BCUT2D eigenvalue weighted by Gasteiger charge is 2.14. The van der Waals surface area contributed by atoms with Crippen molar-refractivity contribution < 1.29 is 14.3 Å². The summed E-state index contributed by atoms with van der Waals surface area (Å²) in [5, 5.41) is 0. The SMILES string of the molecule is COC(=O)c1ncccc1OCc1cccc(N(C)C)c1. The lowest BCUT2D eigenvalue weighted by molar-refractivity contribution is 0.0588. The Hall–Kier alpha value is -2.56. The first kappa shape index (κ1) is 14.8. The summed E-state index contributed by atoms with van der Waals surface area (Å²) in [5.41, 5.74) is 2.29. The Morgan fingerprint density at radius 1 is 1.24 bits per heavy atom. The molecule has 1 heterocycles. The van der Waals surface area contributed by atoms with Crippen LogP contribution in [-0.4, -0.2) is 32.2 Å². The Bertz CT molecular complexity index is 626. The van der Waals surface area contributed by atoms with Gasteiger partial charge in [-0.2, -0.15) is 0 Å². The molecule has 110 valence electrons. The van der Waals surface area contributed by atoms with Crippen LogP contribution in [-0.2, 0) is 11.3 Å². The molecular formula is C16H18N2O3. The molecule has 0 N–H and O–H groups in total. The maximum Gasteiger partial charge on any atom is 0.360 e. The van der Waals surface area contributed by atoms with Gasteiger partial charge in [0.25, 0.3) is 0 Å². The largest absolute Gasteiger partial charge is 0.486 e. The summed E-state index contributed by atoms with van der Waals surface area (Å²) >= 11 is 0. The predicted octanol–water partition coefficient (Wildman–Crippen LogP) is 2.51. The lowest BCUT2D eigenvalue weighted by Crippen LogP contribution is -2.10. The molecule has 0 atom stereocenters. The van der Waals surface area contributed by atoms with Crippen molar-refractivity contribution in [1.29, 1.82) is 0 Å². The molecule has 2 rings (SSSR count). The molecule has 0 unspecified atom stereocenters. The third kappa shape index (κ3) is 3.72. The Labute approximate surface area is 124 Å². The lowest BCUT2D eigenvalue weighted by atomic mass is 10.2. The number of aromatic nitrogens is 1. The highest BCUT2D eigenvalue weighted by Crippen LogP contribution is 2.19. The van der Waals surface area contributed by atoms with E-state index in [-0.39, 0.29) is 5.69 Å². The van der Waals surface area contributed by atoms with Gasteiger partial charge < -0.3 is 14.4 Å². The molecule has 0 aliphatic rings. The minimum Gasteiger partial charge on any atom is -0.486 e. The van der Waals surface area contributed by atoms with Crippen LogP contribution in [0, 0.1) is 0 Å². The van der Waals surface area contributed by atoms with Crippen molar-refractivity contribution in [3.63, 3.8) is 0 Å². The Morgan fingerprint density at radius 3 is 2.76 bits per heavy atom. The Kier molecular flexibility index (Phi) is 4.77. The molecule has 0 saturated heterocycles. The zero-order valence-electron chi connectivity index (χ0n) is 12.4. The number of esters is 1. The van der Waals surface area contributed by atoms with Crippen molar-refractivity contribution in [2.75, 3.05) is 26.1 Å². The molecule has 1 aromatic heterocycles. The standard InChI is InChI=1S/C16H18N2O3/c1-18(2)13-7-4-6-12(10-13)11-21-14-8-5-9-17-15(14)16(19)20-3/h4-10H,11H2,1-3H3. The number of nitrogens with zero attached hydrogens (tertiary/aromatic N) is 2. The highest BCUT2D eigenvalue weighted by molar-refractivity contribution is 5.90. The smallest absolute Gasteiger partial charge is 0.360 e. The van der Waals surface area contributed by atoms with Gasteiger partial charge in [-0.1, -0.05) is 12.1 Å². The van der Waals surface area contributed by atoms with E-state index in [4.69, 9.17) is 9.47 Å². The van der Waals surface area contributed by atoms with E-state index in [9.17, 15) is 4.79 Å². The maximum absolute atomic E-state index is 11.6. The van der Waals surface area contributed by atoms with E-state index in [1.165, 1.54) is 13.3 Å². The molecule has 21 heavy (non-hydrogen) atoms. The van der Waals surface area contributed by atoms with E-state index in [2.05, 4.69) is 4.98 Å². The molecule has 0 saturated carbocycles. The van der Waals surface area contributed by atoms with E-state index in [1.807, 2.05) is 43.3 Å². The van der Waals surface area contributed by atoms with Crippen LogP contribution in [0.4, 0.5) is 5.69 Å². The maximum atomic E-state index is 11.6. The average Bonchev–Trinajstić information content (AvgIpc) is 2.52. The minimum atomic E-state index is -0.507. The summed E-state index contributed by atoms with van der Waals surface area (Å²) in [6.07, 6.45) is 1.53. The van der Waals surface area contributed by atoms with Gasteiger partial charge in [0.2, 0.25) is 0 Å². The predicted molar refractivity (Wildman–Crippen MR) is 80.7 cm³/mol. The number of hydrogen-bond donors (Lipinski definition) is 0. The summed E-state index contributed by atoms with van der Waals surface area (Å²) < 4.78 is 10.4. The van der Waals surface area contributed by atoms with Crippen molar-refractivity contribution in [2.45, 2.75) is 6.61 Å². The van der Waals surface area contributed by atoms with Crippen molar-refractivity contribution in [3.05, 3.63) is 53.9 Å². The second-order valence-corrected chi connectivity index (χ2v) is 4.69. The number of carbonyl (C=O) groups is 1. The number of methoxy groups -OCH3 is 1. The normalized spacial score (nSPS) is 10.0. The van der Waals surface area contributed by atoms with Crippen molar-refractivity contribution in [1.82, 2.24) is 4.98 Å². The number of pyridine rings is 1. The number of ether oxygens (including phenoxy) is 2. The molecule has 0 amide bonds. The van der Waals surface area contributed by atoms with Crippen LogP contribution < -0.4 is 9.64 Å². The molecule has 0 radical (unpaired) electrons. The molecule has 5 heteroatoms. The van der Waals surface area contributed by atoms with Gasteiger partial charge >= 0.3 is 5.97 Å². The highest BCUT2D eigenvalue weighted by atomic mass is 16.5. The average molecular weight is 286 g/mol. The van der Waals surface area contributed by atoms with Crippen LogP contribution >= 0.6 is 0 Å². The van der Waals surface area contributed by atoms with E-state index < -0.39 is 5.97 Å². The van der Waals surface area contributed by atoms with Gasteiger partial charge in [-0.05, 0) is 29.8 Å².